The van der Waals surface area contributed by atoms with Crippen molar-refractivity contribution in [1.82, 2.24) is 9.29 Å². The fourth-order valence-electron chi connectivity index (χ4n) is 4.36. The summed E-state index contributed by atoms with van der Waals surface area (Å²) in [4.78, 5) is 12.9. The van der Waals surface area contributed by atoms with E-state index in [1.165, 1.54) is 23.6 Å². The Bertz CT molecular complexity index is 1320. The van der Waals surface area contributed by atoms with Crippen LogP contribution in [0.25, 0.3) is 0 Å². The molecule has 0 bridgehead atoms. The summed E-state index contributed by atoms with van der Waals surface area (Å²) in [6, 6.07) is 8.04. The van der Waals surface area contributed by atoms with E-state index in [-0.39, 0.29) is 52.5 Å². The minimum atomic E-state index is -3.91. The van der Waals surface area contributed by atoms with Crippen LogP contribution >= 0.6 is 0 Å². The highest BCUT2D eigenvalue weighted by molar-refractivity contribution is 7.89. The number of rotatable bonds is 12. The van der Waals surface area contributed by atoms with Crippen molar-refractivity contribution >= 4 is 21.4 Å². The first-order chi connectivity index (χ1) is 17.7. The second-order valence-electron chi connectivity index (χ2n) is 9.27. The topological polar surface area (TPSA) is 146 Å². The molecular formula is C26H35N5O5S. The van der Waals surface area contributed by atoms with Crippen LogP contribution in [-0.2, 0) is 21.3 Å². The lowest BCUT2D eigenvalue weighted by Gasteiger charge is -2.19. The van der Waals surface area contributed by atoms with Crippen molar-refractivity contribution in [2.75, 3.05) is 13.2 Å². The molecule has 2 atom stereocenters. The lowest BCUT2D eigenvalue weighted by atomic mass is 9.99. The summed E-state index contributed by atoms with van der Waals surface area (Å²) in [7, 11) is -3.91. The molecule has 0 aliphatic carbocycles. The van der Waals surface area contributed by atoms with Crippen LogP contribution in [0.1, 0.15) is 63.5 Å². The van der Waals surface area contributed by atoms with Gasteiger partial charge in [0.2, 0.25) is 15.9 Å². The molecule has 0 spiro atoms. The molecule has 0 amide bonds. The van der Waals surface area contributed by atoms with E-state index in [9.17, 15) is 23.6 Å². The van der Waals surface area contributed by atoms with Crippen molar-refractivity contribution in [3.8, 4) is 11.9 Å². The zero-order valence-electron chi connectivity index (χ0n) is 21.6. The monoisotopic (exact) mass is 529 g/mol. The number of nitriles is 1. The van der Waals surface area contributed by atoms with Crippen molar-refractivity contribution in [1.29, 1.82) is 5.26 Å². The largest absolute Gasteiger partial charge is 0.493 e. The Labute approximate surface area is 218 Å². The van der Waals surface area contributed by atoms with E-state index in [2.05, 4.69) is 21.9 Å². The molecule has 1 saturated heterocycles. The average Bonchev–Trinajstić information content (AvgIpc) is 3.41. The van der Waals surface area contributed by atoms with Crippen LogP contribution in [0.2, 0.25) is 0 Å². The van der Waals surface area contributed by atoms with Crippen LogP contribution in [-0.4, -0.2) is 37.3 Å². The standard InChI is InChI=1S/C26H35N5O5S/c1-4-6-10-19(5-2)17-31-25(32)21(15-27)18(3)24(26(31)33)30-29-22-12-7-8-13-23(22)37(34,35)28-16-20-11-9-14-36-20/h7-8,12-13,19-20,28,33H,4-6,9-11,14,16-17H2,1-3H3/b30-29+. The summed E-state index contributed by atoms with van der Waals surface area (Å²) in [6.45, 7) is 6.64. The third-order valence-corrected chi connectivity index (χ3v) is 8.16. The number of unbranched alkanes of at least 4 members (excludes halogenated alkanes) is 1. The number of hydrogen-bond donors (Lipinski definition) is 2. The van der Waals surface area contributed by atoms with Crippen LogP contribution in [0.3, 0.4) is 0 Å². The number of sulfonamides is 1. The Morgan fingerprint density at radius 3 is 2.70 bits per heavy atom. The summed E-state index contributed by atoms with van der Waals surface area (Å²) < 4.78 is 35.2. The lowest BCUT2D eigenvalue weighted by Crippen LogP contribution is -2.31. The number of aromatic nitrogens is 1. The second kappa shape index (κ2) is 12.9. The Balaban J connectivity index is 1.97. The van der Waals surface area contributed by atoms with Gasteiger partial charge in [0.1, 0.15) is 22.2 Å². The van der Waals surface area contributed by atoms with Gasteiger partial charge >= 0.3 is 0 Å². The van der Waals surface area contributed by atoms with Gasteiger partial charge in [-0.25, -0.2) is 13.1 Å². The molecule has 1 aliphatic rings. The molecule has 2 N–H and O–H groups in total. The molecule has 1 aliphatic heterocycles. The van der Waals surface area contributed by atoms with Crippen LogP contribution in [0.5, 0.6) is 5.88 Å². The minimum Gasteiger partial charge on any atom is -0.493 e. The van der Waals surface area contributed by atoms with Gasteiger partial charge in [0.05, 0.1) is 6.10 Å². The Kier molecular flexibility index (Phi) is 9.97. The van der Waals surface area contributed by atoms with E-state index in [1.54, 1.807) is 12.1 Å². The molecule has 200 valence electrons. The van der Waals surface area contributed by atoms with Gasteiger partial charge in [-0.1, -0.05) is 45.2 Å². The number of azo groups is 1. The minimum absolute atomic E-state index is 0.0407. The van der Waals surface area contributed by atoms with Gasteiger partial charge in [-0.3, -0.25) is 9.36 Å². The molecule has 2 aromatic rings. The van der Waals surface area contributed by atoms with E-state index in [1.807, 2.05) is 13.0 Å². The Morgan fingerprint density at radius 2 is 2.05 bits per heavy atom. The molecular weight excluding hydrogens is 494 g/mol. The summed E-state index contributed by atoms with van der Waals surface area (Å²) >= 11 is 0. The van der Waals surface area contributed by atoms with Gasteiger partial charge in [0.15, 0.2) is 5.69 Å². The molecule has 3 rings (SSSR count). The quantitative estimate of drug-likeness (QED) is 0.377. The highest BCUT2D eigenvalue weighted by Crippen LogP contribution is 2.34. The molecule has 2 unspecified atom stereocenters. The Morgan fingerprint density at radius 1 is 1.30 bits per heavy atom. The number of aromatic hydroxyl groups is 1. The number of benzene rings is 1. The third-order valence-electron chi connectivity index (χ3n) is 6.69. The zero-order chi connectivity index (χ0) is 27.0. The van der Waals surface area contributed by atoms with Gasteiger partial charge in [0, 0.05) is 25.3 Å². The highest BCUT2D eigenvalue weighted by Gasteiger charge is 2.24. The molecule has 0 radical (unpaired) electrons. The number of pyridine rings is 1. The molecule has 1 aromatic heterocycles. The van der Waals surface area contributed by atoms with E-state index in [4.69, 9.17) is 4.74 Å². The van der Waals surface area contributed by atoms with E-state index in [0.717, 1.165) is 38.5 Å². The van der Waals surface area contributed by atoms with Crippen LogP contribution in [0.4, 0.5) is 11.4 Å². The molecule has 0 saturated carbocycles. The van der Waals surface area contributed by atoms with E-state index in [0.29, 0.717) is 6.61 Å². The van der Waals surface area contributed by atoms with Gasteiger partial charge < -0.3 is 9.84 Å². The molecule has 2 heterocycles. The number of nitrogens with zero attached hydrogens (tertiary/aromatic N) is 4. The first-order valence-corrected chi connectivity index (χ1v) is 14.2. The van der Waals surface area contributed by atoms with Gasteiger partial charge in [-0.15, -0.1) is 10.2 Å². The van der Waals surface area contributed by atoms with Crippen LogP contribution < -0.4 is 10.3 Å². The van der Waals surface area contributed by atoms with Crippen LogP contribution in [0, 0.1) is 24.2 Å². The van der Waals surface area contributed by atoms with Gasteiger partial charge in [0.25, 0.3) is 5.56 Å². The van der Waals surface area contributed by atoms with Crippen molar-refractivity contribution in [3.63, 3.8) is 0 Å². The first-order valence-electron chi connectivity index (χ1n) is 12.7. The molecule has 1 fully saturated rings. The van der Waals surface area contributed by atoms with Crippen molar-refractivity contribution in [2.24, 2.45) is 16.1 Å². The van der Waals surface area contributed by atoms with E-state index < -0.39 is 21.5 Å². The normalized spacial score (nSPS) is 16.8. The maximum atomic E-state index is 13.0. The SMILES string of the molecule is CCCCC(CC)Cn1c(O)c(/N=N/c2ccccc2S(=O)(=O)NCC2CCCO2)c(C)c(C#N)c1=O. The summed E-state index contributed by atoms with van der Waals surface area (Å²) in [5.41, 5.74) is -0.500. The molecule has 37 heavy (non-hydrogen) atoms. The van der Waals surface area contributed by atoms with E-state index >= 15 is 0 Å². The average molecular weight is 530 g/mol. The van der Waals surface area contributed by atoms with Crippen molar-refractivity contribution in [3.05, 3.63) is 45.7 Å². The molecule has 11 heteroatoms. The Hall–Kier alpha value is -3.07. The number of hydrogen-bond acceptors (Lipinski definition) is 8. The predicted molar refractivity (Wildman–Crippen MR) is 140 cm³/mol. The number of nitrogens with one attached hydrogen (secondary N) is 1. The highest BCUT2D eigenvalue weighted by atomic mass is 32.2. The van der Waals surface area contributed by atoms with Crippen molar-refractivity contribution < 1.29 is 18.3 Å². The molecule has 1 aromatic carbocycles. The maximum absolute atomic E-state index is 13.0. The smallest absolute Gasteiger partial charge is 0.271 e. The fourth-order valence-corrected chi connectivity index (χ4v) is 5.56. The number of ether oxygens (including phenoxy) is 1. The predicted octanol–water partition coefficient (Wildman–Crippen LogP) is 4.82. The second-order valence-corrected chi connectivity index (χ2v) is 11.0. The fraction of sp³-hybridized carbons (Fsp3) is 0.538. The van der Waals surface area contributed by atoms with Crippen LogP contribution in [0.15, 0.2) is 44.2 Å². The third kappa shape index (κ3) is 6.83. The van der Waals surface area contributed by atoms with Gasteiger partial charge in [-0.05, 0) is 44.2 Å². The zero-order valence-corrected chi connectivity index (χ0v) is 22.4. The molecule has 10 nitrogen and oxygen atoms in total. The maximum Gasteiger partial charge on any atom is 0.271 e. The summed E-state index contributed by atoms with van der Waals surface area (Å²) in [5.74, 6) is -0.250. The summed E-state index contributed by atoms with van der Waals surface area (Å²) in [5, 5.41) is 28.9. The first kappa shape index (κ1) is 28.5. The van der Waals surface area contributed by atoms with Crippen molar-refractivity contribution in [2.45, 2.75) is 76.8 Å². The lowest BCUT2D eigenvalue weighted by molar-refractivity contribution is 0.114. The van der Waals surface area contributed by atoms with Gasteiger partial charge in [-0.2, -0.15) is 5.26 Å². The summed E-state index contributed by atoms with van der Waals surface area (Å²) in [6.07, 6.45) is 5.21.